The minimum absolute atomic E-state index is 0.0332. The first-order chi connectivity index (χ1) is 7.54. The fraction of sp³-hybridized carbons (Fsp3) is 0.300. The molecule has 0 spiro atoms. The molecular weight excluding hydrogens is 404 g/mol. The fourth-order valence-corrected chi connectivity index (χ4v) is 3.58. The standard InChI is InChI=1S/C10H11Br3N2O/c11-6-4-7(12)10(8(13)5-6)15-9(16)2-1-3-14/h4-5H,1-3,14H2,(H,15,16). The van der Waals surface area contributed by atoms with Gasteiger partial charge in [0.2, 0.25) is 5.91 Å². The van der Waals surface area contributed by atoms with Crippen LogP contribution in [0.3, 0.4) is 0 Å². The molecule has 0 unspecified atom stereocenters. The van der Waals surface area contributed by atoms with Crippen molar-refractivity contribution in [2.45, 2.75) is 12.8 Å². The van der Waals surface area contributed by atoms with Crippen molar-refractivity contribution < 1.29 is 4.79 Å². The molecule has 0 saturated heterocycles. The van der Waals surface area contributed by atoms with Crippen molar-refractivity contribution in [1.82, 2.24) is 0 Å². The Morgan fingerprint density at radius 1 is 1.25 bits per heavy atom. The molecule has 3 N–H and O–H groups in total. The Bertz CT molecular complexity index is 373. The number of hydrogen-bond acceptors (Lipinski definition) is 2. The third-order valence-corrected chi connectivity index (χ3v) is 3.59. The van der Waals surface area contributed by atoms with Gasteiger partial charge in [0.15, 0.2) is 0 Å². The molecule has 0 aliphatic heterocycles. The molecule has 0 bridgehead atoms. The van der Waals surface area contributed by atoms with Gasteiger partial charge in [-0.15, -0.1) is 0 Å². The Labute approximate surface area is 120 Å². The van der Waals surface area contributed by atoms with E-state index in [1.807, 2.05) is 12.1 Å². The summed E-state index contributed by atoms with van der Waals surface area (Å²) in [4.78, 5) is 11.5. The van der Waals surface area contributed by atoms with Gasteiger partial charge < -0.3 is 11.1 Å². The molecule has 0 atom stereocenters. The molecule has 0 saturated carbocycles. The van der Waals surface area contributed by atoms with Crippen LogP contribution in [0.1, 0.15) is 12.8 Å². The summed E-state index contributed by atoms with van der Waals surface area (Å²) in [6, 6.07) is 3.76. The van der Waals surface area contributed by atoms with Crippen LogP contribution in [0.4, 0.5) is 5.69 Å². The zero-order chi connectivity index (χ0) is 12.1. The van der Waals surface area contributed by atoms with E-state index in [9.17, 15) is 4.79 Å². The number of anilines is 1. The third kappa shape index (κ3) is 4.16. The lowest BCUT2D eigenvalue weighted by Crippen LogP contribution is -2.14. The molecule has 0 radical (unpaired) electrons. The summed E-state index contributed by atoms with van der Waals surface area (Å²) in [6.07, 6.45) is 1.13. The molecule has 0 aromatic heterocycles. The number of hydrogen-bond donors (Lipinski definition) is 2. The second-order valence-electron chi connectivity index (χ2n) is 3.18. The third-order valence-electron chi connectivity index (χ3n) is 1.88. The largest absolute Gasteiger partial charge is 0.330 e. The Balaban J connectivity index is 2.77. The highest BCUT2D eigenvalue weighted by atomic mass is 79.9. The number of halogens is 3. The van der Waals surface area contributed by atoms with E-state index in [0.717, 1.165) is 19.1 Å². The van der Waals surface area contributed by atoms with Crippen molar-refractivity contribution in [3.8, 4) is 0 Å². The van der Waals surface area contributed by atoms with E-state index in [2.05, 4.69) is 53.1 Å². The average Bonchev–Trinajstić information content (AvgIpc) is 2.20. The molecule has 0 aliphatic carbocycles. The van der Waals surface area contributed by atoms with E-state index >= 15 is 0 Å². The van der Waals surface area contributed by atoms with Gasteiger partial charge in [-0.1, -0.05) is 15.9 Å². The highest BCUT2D eigenvalue weighted by Gasteiger charge is 2.09. The van der Waals surface area contributed by atoms with Crippen LogP contribution in [0.15, 0.2) is 25.6 Å². The second-order valence-corrected chi connectivity index (χ2v) is 5.81. The van der Waals surface area contributed by atoms with Crippen LogP contribution in [-0.2, 0) is 4.79 Å². The highest BCUT2D eigenvalue weighted by Crippen LogP contribution is 2.34. The summed E-state index contributed by atoms with van der Waals surface area (Å²) >= 11 is 10.2. The average molecular weight is 415 g/mol. The lowest BCUT2D eigenvalue weighted by Gasteiger charge is -2.10. The molecule has 3 nitrogen and oxygen atoms in total. The summed E-state index contributed by atoms with van der Waals surface area (Å²) < 4.78 is 2.59. The number of benzene rings is 1. The molecule has 1 amide bonds. The summed E-state index contributed by atoms with van der Waals surface area (Å²) in [5, 5.41) is 2.83. The normalized spacial score (nSPS) is 10.2. The van der Waals surface area contributed by atoms with Gasteiger partial charge in [0.05, 0.1) is 5.69 Å². The van der Waals surface area contributed by atoms with E-state index in [-0.39, 0.29) is 5.91 Å². The molecular formula is C10H11Br3N2O. The van der Waals surface area contributed by atoms with E-state index < -0.39 is 0 Å². The summed E-state index contributed by atoms with van der Waals surface area (Å²) in [5.41, 5.74) is 6.09. The van der Waals surface area contributed by atoms with Crippen LogP contribution in [-0.4, -0.2) is 12.5 Å². The Kier molecular flexibility index (Phi) is 5.96. The first-order valence-corrected chi connectivity index (χ1v) is 7.07. The second kappa shape index (κ2) is 6.74. The van der Waals surface area contributed by atoms with E-state index in [4.69, 9.17) is 5.73 Å². The molecule has 6 heteroatoms. The molecule has 16 heavy (non-hydrogen) atoms. The van der Waals surface area contributed by atoms with Crippen molar-refractivity contribution >= 4 is 59.4 Å². The number of nitrogens with two attached hydrogens (primary N) is 1. The van der Waals surface area contributed by atoms with Crippen LogP contribution >= 0.6 is 47.8 Å². The minimum atomic E-state index is -0.0332. The molecule has 0 aliphatic rings. The van der Waals surface area contributed by atoms with E-state index in [1.54, 1.807) is 0 Å². The van der Waals surface area contributed by atoms with Crippen molar-refractivity contribution in [3.05, 3.63) is 25.6 Å². The number of carbonyl (C=O) groups excluding carboxylic acids is 1. The van der Waals surface area contributed by atoms with Crippen molar-refractivity contribution in [1.29, 1.82) is 0 Å². The summed E-state index contributed by atoms with van der Waals surface area (Å²) in [5.74, 6) is -0.0332. The molecule has 0 heterocycles. The van der Waals surface area contributed by atoms with Crippen molar-refractivity contribution in [3.63, 3.8) is 0 Å². The van der Waals surface area contributed by atoms with Crippen molar-refractivity contribution in [2.75, 3.05) is 11.9 Å². The Morgan fingerprint density at radius 2 is 1.81 bits per heavy atom. The van der Waals surface area contributed by atoms with Gasteiger partial charge in [0.25, 0.3) is 0 Å². The first kappa shape index (κ1) is 14.2. The molecule has 1 rings (SSSR count). The lowest BCUT2D eigenvalue weighted by molar-refractivity contribution is -0.116. The Hall–Kier alpha value is 0.0900. The number of carbonyl (C=O) groups is 1. The van der Waals surface area contributed by atoms with Crippen LogP contribution in [0.5, 0.6) is 0 Å². The van der Waals surface area contributed by atoms with Crippen LogP contribution in [0, 0.1) is 0 Å². The van der Waals surface area contributed by atoms with E-state index in [0.29, 0.717) is 19.4 Å². The monoisotopic (exact) mass is 412 g/mol. The smallest absolute Gasteiger partial charge is 0.224 e. The minimum Gasteiger partial charge on any atom is -0.330 e. The first-order valence-electron chi connectivity index (χ1n) is 4.69. The van der Waals surface area contributed by atoms with Gasteiger partial charge in [0, 0.05) is 19.8 Å². The SMILES string of the molecule is NCCCC(=O)Nc1c(Br)cc(Br)cc1Br. The summed E-state index contributed by atoms with van der Waals surface area (Å²) in [7, 11) is 0. The van der Waals surface area contributed by atoms with Crippen molar-refractivity contribution in [2.24, 2.45) is 5.73 Å². The molecule has 1 aromatic carbocycles. The van der Waals surface area contributed by atoms with Gasteiger partial charge in [-0.05, 0) is 57.0 Å². The topological polar surface area (TPSA) is 55.1 Å². The van der Waals surface area contributed by atoms with Gasteiger partial charge in [-0.2, -0.15) is 0 Å². The maximum Gasteiger partial charge on any atom is 0.224 e. The summed E-state index contributed by atoms with van der Waals surface area (Å²) in [6.45, 7) is 0.524. The highest BCUT2D eigenvalue weighted by molar-refractivity contribution is 9.11. The number of amides is 1. The van der Waals surface area contributed by atoms with Gasteiger partial charge >= 0.3 is 0 Å². The van der Waals surface area contributed by atoms with Crippen LogP contribution < -0.4 is 11.1 Å². The lowest BCUT2D eigenvalue weighted by atomic mass is 10.2. The van der Waals surface area contributed by atoms with E-state index in [1.165, 1.54) is 0 Å². The maximum atomic E-state index is 11.5. The molecule has 88 valence electrons. The molecule has 1 aromatic rings. The van der Waals surface area contributed by atoms with Gasteiger partial charge in [-0.3, -0.25) is 4.79 Å². The van der Waals surface area contributed by atoms with Crippen LogP contribution in [0.25, 0.3) is 0 Å². The predicted molar refractivity (Wildman–Crippen MR) is 76.5 cm³/mol. The zero-order valence-electron chi connectivity index (χ0n) is 8.40. The zero-order valence-corrected chi connectivity index (χ0v) is 13.2. The fourth-order valence-electron chi connectivity index (χ4n) is 1.13. The maximum absolute atomic E-state index is 11.5. The number of nitrogens with one attached hydrogen (secondary N) is 1. The van der Waals surface area contributed by atoms with Gasteiger partial charge in [-0.25, -0.2) is 0 Å². The number of rotatable bonds is 4. The van der Waals surface area contributed by atoms with Crippen LogP contribution in [0.2, 0.25) is 0 Å². The quantitative estimate of drug-likeness (QED) is 0.790. The Morgan fingerprint density at radius 3 is 2.31 bits per heavy atom. The predicted octanol–water partition coefficient (Wildman–Crippen LogP) is 3.65. The van der Waals surface area contributed by atoms with Gasteiger partial charge in [0.1, 0.15) is 0 Å². The molecule has 0 fully saturated rings.